The largest absolute Gasteiger partial charge is 0.497 e. The predicted octanol–water partition coefficient (Wildman–Crippen LogP) is 33.0. The van der Waals surface area contributed by atoms with Gasteiger partial charge in [-0.1, -0.05) is 334 Å². The van der Waals surface area contributed by atoms with Gasteiger partial charge in [-0.2, -0.15) is 0 Å². The van der Waals surface area contributed by atoms with E-state index in [1.807, 2.05) is 213 Å². The lowest BCUT2D eigenvalue weighted by atomic mass is 9.93. The summed E-state index contributed by atoms with van der Waals surface area (Å²) in [6.45, 7) is 11.5. The zero-order valence-electron chi connectivity index (χ0n) is 74.7. The van der Waals surface area contributed by atoms with Crippen molar-refractivity contribution in [3.05, 3.63) is 527 Å². The molecule has 0 N–H and O–H groups in total. The number of hydrogen-bond acceptors (Lipinski definition) is 8. The van der Waals surface area contributed by atoms with E-state index in [-0.39, 0.29) is 5.82 Å². The maximum absolute atomic E-state index is 13.3. The van der Waals surface area contributed by atoms with Crippen LogP contribution in [0.3, 0.4) is 0 Å². The Hall–Kier alpha value is -17.9. The third-order valence-electron chi connectivity index (χ3n) is 23.7. The van der Waals surface area contributed by atoms with E-state index in [4.69, 9.17) is 11.3 Å². The van der Waals surface area contributed by atoms with Crippen LogP contribution in [0.2, 0.25) is 0 Å². The molecule has 0 aliphatic rings. The summed E-state index contributed by atoms with van der Waals surface area (Å²) in [5.74, 6) is 0.632. The van der Waals surface area contributed by atoms with Gasteiger partial charge >= 0.3 is 0 Å². The lowest BCUT2D eigenvalue weighted by Gasteiger charge is -2.12. The molecule has 0 spiro atoms. The third-order valence-corrected chi connectivity index (χ3v) is 23.7. The lowest BCUT2D eigenvalue weighted by molar-refractivity contribution is 0.415. The molecule has 9 nitrogen and oxygen atoms in total. The van der Waals surface area contributed by atoms with E-state index < -0.39 is 0 Å². The van der Waals surface area contributed by atoms with Gasteiger partial charge in [0.05, 0.1) is 53.4 Å². The van der Waals surface area contributed by atoms with Crippen LogP contribution in [0.15, 0.2) is 498 Å². The van der Waals surface area contributed by atoms with Crippen molar-refractivity contribution >= 4 is 59.7 Å². The molecule has 7 aromatic heterocycles. The Balaban J connectivity index is 0.000000108. The molecule has 0 atom stereocenters. The fraction of sp³-hybridized carbons (Fsp3) is 0.0240. The molecule has 0 aliphatic heterocycles. The van der Waals surface area contributed by atoms with Gasteiger partial charge in [-0.3, -0.25) is 34.9 Å². The highest BCUT2D eigenvalue weighted by molar-refractivity contribution is 6.13. The molecule has 0 amide bonds. The SMILES string of the molecule is COc1ccc(-c2cc3ccccc3cc2-c2ccccn2)cc1.Cc1cccnc1-c1ccccc1-c1ccc(-c2ccccc2)cc1.Fc1ccc(-c2cc3ccccc3cc2-c2ccccn2)cc1.[C-]#[N+]c1ccccc1-c1ccccc1-c1ncccc1C.c1ccc(-c2ccccc2-c2ccccn2)nc1.c1ccc2cc(-c3cccc4ccc5cccnc5c34)ccc2c1. The Bertz CT molecular complexity index is 7990. The van der Waals surface area contributed by atoms with Crippen LogP contribution in [0.1, 0.15) is 11.1 Å². The van der Waals surface area contributed by atoms with Gasteiger partial charge in [0.15, 0.2) is 5.69 Å². The highest BCUT2D eigenvalue weighted by atomic mass is 19.1. The first-order chi connectivity index (χ1) is 66.6. The van der Waals surface area contributed by atoms with Crippen LogP contribution in [0, 0.1) is 26.2 Å². The zero-order chi connectivity index (χ0) is 91.9. The van der Waals surface area contributed by atoms with Crippen molar-refractivity contribution in [3.63, 3.8) is 0 Å². The van der Waals surface area contributed by atoms with Crippen molar-refractivity contribution in [2.75, 3.05) is 7.11 Å². The molecule has 0 aliphatic carbocycles. The molecule has 23 aromatic rings. The fourth-order valence-corrected chi connectivity index (χ4v) is 17.0. The van der Waals surface area contributed by atoms with Gasteiger partial charge in [-0.25, -0.2) is 9.24 Å². The summed E-state index contributed by atoms with van der Waals surface area (Å²) in [6, 6.07) is 154. The first kappa shape index (κ1) is 87.8. The summed E-state index contributed by atoms with van der Waals surface area (Å²) in [5.41, 5.74) is 30.3. The van der Waals surface area contributed by atoms with Crippen LogP contribution in [-0.2, 0) is 0 Å². The molecule has 16 aromatic carbocycles. The minimum atomic E-state index is -0.228. The van der Waals surface area contributed by atoms with Crippen LogP contribution in [0.4, 0.5) is 10.1 Å². The number of ether oxygens (including phenoxy) is 1. The summed E-state index contributed by atoms with van der Waals surface area (Å²) in [5, 5.41) is 10.9. The van der Waals surface area contributed by atoms with Crippen molar-refractivity contribution < 1.29 is 9.13 Å². The van der Waals surface area contributed by atoms with Crippen LogP contribution in [0.5, 0.6) is 5.75 Å². The molecule has 0 unspecified atom stereocenters. The average Bonchev–Trinajstić information content (AvgIpc) is 0.769. The van der Waals surface area contributed by atoms with Gasteiger partial charge in [-0.15, -0.1) is 0 Å². The van der Waals surface area contributed by atoms with Crippen molar-refractivity contribution in [1.82, 2.24) is 34.9 Å². The topological polar surface area (TPSA) is 104 Å². The van der Waals surface area contributed by atoms with E-state index in [1.165, 1.54) is 105 Å². The summed E-state index contributed by atoms with van der Waals surface area (Å²) in [4.78, 5) is 35.3. The summed E-state index contributed by atoms with van der Waals surface area (Å²) in [6.07, 6.45) is 12.8. The predicted molar refractivity (Wildman–Crippen MR) is 558 cm³/mol. The van der Waals surface area contributed by atoms with E-state index in [0.29, 0.717) is 5.69 Å². The number of aromatic nitrogens is 7. The minimum Gasteiger partial charge on any atom is -0.497 e. The van der Waals surface area contributed by atoms with Gasteiger partial charge < -0.3 is 4.74 Å². The highest BCUT2D eigenvalue weighted by Gasteiger charge is 2.18. The highest BCUT2D eigenvalue weighted by Crippen LogP contribution is 2.43. The standard InChI is InChI=1S/C24H19N.C23H15N.C22H17NO.C21H14FN.C19H14N2.C16H12N2/c1-18-8-7-17-25-24(18)23-12-6-5-11-22(23)21-15-13-20(14-16-21)19-9-3-2-4-10-19;1-2-6-19-15-20(13-10-16(19)5-1)21-9-3-7-17-11-12-18-8-4-14-24-23(18)22(17)21;1-24-19-11-9-16(10-12-19)20-14-17-6-2-3-7-18(17)15-21(20)22-8-4-5-13-23-22;22-18-10-8-15(9-11-18)19-13-16-5-1-2-6-17(16)14-20(19)21-7-3-4-12-23-21;1-14-8-7-13-21-19(14)17-11-4-3-9-15(17)16-10-5-6-12-18(16)20-2;1-2-8-14(16-10-4-6-12-18-16)13(7-1)15-9-3-5-11-17-15/h2-17H,1H3;1-15H;2-15H,1H3;1-14H;3-13H,1H3;1-12H. The lowest BCUT2D eigenvalue weighted by Crippen LogP contribution is -1.90. The first-order valence-corrected chi connectivity index (χ1v) is 44.8. The molecule has 135 heavy (non-hydrogen) atoms. The molecule has 10 heteroatoms. The Kier molecular flexibility index (Phi) is 27.7. The van der Waals surface area contributed by atoms with Crippen LogP contribution < -0.4 is 4.74 Å². The number of rotatable bonds is 13. The van der Waals surface area contributed by atoms with Crippen molar-refractivity contribution in [3.8, 4) is 140 Å². The second-order valence-corrected chi connectivity index (χ2v) is 32.2. The second-order valence-electron chi connectivity index (χ2n) is 32.2. The molecule has 0 radical (unpaired) electrons. The van der Waals surface area contributed by atoms with Crippen LogP contribution in [0.25, 0.3) is 193 Å². The van der Waals surface area contributed by atoms with Gasteiger partial charge in [0, 0.05) is 87.5 Å². The maximum atomic E-state index is 13.3. The van der Waals surface area contributed by atoms with E-state index in [2.05, 4.69) is 314 Å². The third kappa shape index (κ3) is 20.7. The normalized spacial score (nSPS) is 10.7. The van der Waals surface area contributed by atoms with Gasteiger partial charge in [-0.05, 0) is 251 Å². The van der Waals surface area contributed by atoms with E-state index in [9.17, 15) is 4.39 Å². The van der Waals surface area contributed by atoms with E-state index >= 15 is 0 Å². The molecule has 0 bridgehead atoms. The van der Waals surface area contributed by atoms with E-state index in [0.717, 1.165) is 112 Å². The quantitative estimate of drug-likeness (QED) is 0.0831. The van der Waals surface area contributed by atoms with E-state index in [1.54, 1.807) is 19.5 Å². The number of aryl methyl sites for hydroxylation is 2. The molecule has 0 saturated carbocycles. The number of halogens is 1. The molecular weight excluding hydrogens is 1650 g/mol. The Morgan fingerprint density at radius 2 is 0.563 bits per heavy atom. The smallest absolute Gasteiger partial charge is 0.194 e. The van der Waals surface area contributed by atoms with Crippen LogP contribution in [-0.4, -0.2) is 42.0 Å². The van der Waals surface area contributed by atoms with Crippen LogP contribution >= 0.6 is 0 Å². The van der Waals surface area contributed by atoms with Gasteiger partial charge in [0.2, 0.25) is 0 Å². The maximum Gasteiger partial charge on any atom is 0.194 e. The molecule has 7 heterocycles. The number of para-hydroxylation sites is 1. The summed E-state index contributed by atoms with van der Waals surface area (Å²) < 4.78 is 18.5. The number of hydrogen-bond donors (Lipinski definition) is 0. The Labute approximate surface area is 786 Å². The molecule has 0 fully saturated rings. The van der Waals surface area contributed by atoms with Crippen molar-refractivity contribution in [1.29, 1.82) is 0 Å². The molecular formula is C125H91FN8O. The second kappa shape index (κ2) is 42.6. The van der Waals surface area contributed by atoms with Gasteiger partial charge in [0.1, 0.15) is 11.6 Å². The monoisotopic (exact) mass is 1740 g/mol. The number of methoxy groups -OCH3 is 1. The Morgan fingerprint density at radius 1 is 0.222 bits per heavy atom. The summed E-state index contributed by atoms with van der Waals surface area (Å²) in [7, 11) is 1.68. The fourth-order valence-electron chi connectivity index (χ4n) is 17.0. The van der Waals surface area contributed by atoms with Crippen molar-refractivity contribution in [2.45, 2.75) is 13.8 Å². The number of fused-ring (bicyclic) bond motifs is 6. The Morgan fingerprint density at radius 3 is 1.07 bits per heavy atom. The molecule has 644 valence electrons. The van der Waals surface area contributed by atoms with Gasteiger partial charge in [0.25, 0.3) is 0 Å². The summed E-state index contributed by atoms with van der Waals surface area (Å²) >= 11 is 0. The number of nitrogens with zero attached hydrogens (tertiary/aromatic N) is 8. The molecule has 0 saturated heterocycles. The minimum absolute atomic E-state index is 0.228. The average molecular weight is 1740 g/mol. The number of pyridine rings is 7. The molecule has 23 rings (SSSR count). The first-order valence-electron chi connectivity index (χ1n) is 44.8. The van der Waals surface area contributed by atoms with Crippen molar-refractivity contribution in [2.24, 2.45) is 0 Å². The zero-order valence-corrected chi connectivity index (χ0v) is 74.7. The number of benzene rings is 16.